The number of hydrogen-bond donors (Lipinski definition) is 2. The van der Waals surface area contributed by atoms with Crippen molar-refractivity contribution in [3.05, 3.63) is 18.0 Å². The van der Waals surface area contributed by atoms with E-state index < -0.39 is 0 Å². The predicted molar refractivity (Wildman–Crippen MR) is 134 cm³/mol. The van der Waals surface area contributed by atoms with Gasteiger partial charge in [0.2, 0.25) is 11.8 Å². The van der Waals surface area contributed by atoms with E-state index in [1.165, 1.54) is 25.7 Å². The molecule has 0 unspecified atom stereocenters. The van der Waals surface area contributed by atoms with Crippen molar-refractivity contribution in [3.8, 4) is 0 Å². The van der Waals surface area contributed by atoms with Gasteiger partial charge in [0, 0.05) is 43.5 Å². The first-order chi connectivity index (χ1) is 16.4. The number of carbonyl (C=O) groups excluding carboxylic acids is 2. The lowest BCUT2D eigenvalue weighted by atomic mass is 10.1. The Bertz CT molecular complexity index is 866. The first kappa shape index (κ1) is 25.9. The first-order valence-corrected chi connectivity index (χ1v) is 12.9. The number of anilines is 1. The zero-order valence-corrected chi connectivity index (χ0v) is 21.1. The summed E-state index contributed by atoms with van der Waals surface area (Å²) in [6.07, 6.45) is 14.1. The maximum atomic E-state index is 12.5. The van der Waals surface area contributed by atoms with Gasteiger partial charge in [0.25, 0.3) is 0 Å². The van der Waals surface area contributed by atoms with Crippen molar-refractivity contribution >= 4 is 23.3 Å². The number of hydrogen-bond acceptors (Lipinski definition) is 6. The molecule has 1 heterocycles. The summed E-state index contributed by atoms with van der Waals surface area (Å²) in [6, 6.07) is 0. The fraction of sp³-hybridized carbons (Fsp3) is 0.720. The standard InChI is InChI=1S/C25H41N7O2/c1-4-20(3)29-31(17-19(2)25(34)26-16-22-9-5-6-10-22)13-7-8-14-32-18-23(28-30-32)27-24(33)15-21-11-12-21/h17-18,21-22H,4-16H2,1-3H3,(H,26,34)(H,27,33)/b19-17+,29-20+. The van der Waals surface area contributed by atoms with Crippen LogP contribution in [0.15, 0.2) is 23.1 Å². The van der Waals surface area contributed by atoms with E-state index in [1.54, 1.807) is 10.9 Å². The molecular weight excluding hydrogens is 430 g/mol. The molecule has 0 radical (unpaired) electrons. The number of rotatable bonds is 14. The second-order valence-electron chi connectivity index (χ2n) is 9.79. The summed E-state index contributed by atoms with van der Waals surface area (Å²) in [5.74, 6) is 1.69. The number of nitrogens with one attached hydrogen (secondary N) is 2. The van der Waals surface area contributed by atoms with Gasteiger partial charge in [0.05, 0.1) is 6.20 Å². The van der Waals surface area contributed by atoms with Gasteiger partial charge in [-0.2, -0.15) is 5.10 Å². The largest absolute Gasteiger partial charge is 0.352 e. The molecule has 1 aromatic rings. The lowest BCUT2D eigenvalue weighted by Crippen LogP contribution is -2.29. The fourth-order valence-corrected chi connectivity index (χ4v) is 4.10. The third-order valence-corrected chi connectivity index (χ3v) is 6.54. The van der Waals surface area contributed by atoms with Gasteiger partial charge >= 0.3 is 0 Å². The molecule has 9 nitrogen and oxygen atoms in total. The quantitative estimate of drug-likeness (QED) is 0.184. The van der Waals surface area contributed by atoms with Crippen molar-refractivity contribution in [1.82, 2.24) is 25.3 Å². The van der Waals surface area contributed by atoms with Crippen LogP contribution in [0.4, 0.5) is 5.82 Å². The predicted octanol–water partition coefficient (Wildman–Crippen LogP) is 4.10. The normalized spacial score (nSPS) is 17.1. The van der Waals surface area contributed by atoms with Crippen LogP contribution in [-0.2, 0) is 16.1 Å². The second-order valence-corrected chi connectivity index (χ2v) is 9.79. The van der Waals surface area contributed by atoms with Gasteiger partial charge in [-0.3, -0.25) is 19.3 Å². The summed E-state index contributed by atoms with van der Waals surface area (Å²) in [6.45, 7) is 8.12. The van der Waals surface area contributed by atoms with Crippen molar-refractivity contribution < 1.29 is 9.59 Å². The zero-order valence-electron chi connectivity index (χ0n) is 21.1. The first-order valence-electron chi connectivity index (χ1n) is 12.9. The average molecular weight is 472 g/mol. The molecule has 3 rings (SSSR count). The molecule has 0 atom stereocenters. The minimum Gasteiger partial charge on any atom is -0.352 e. The van der Waals surface area contributed by atoms with Crippen LogP contribution in [0.1, 0.15) is 85.0 Å². The summed E-state index contributed by atoms with van der Waals surface area (Å²) in [4.78, 5) is 24.5. The van der Waals surface area contributed by atoms with Crippen LogP contribution in [0.5, 0.6) is 0 Å². The molecule has 0 aromatic carbocycles. The second kappa shape index (κ2) is 13.2. The Morgan fingerprint density at radius 2 is 1.94 bits per heavy atom. The monoisotopic (exact) mass is 471 g/mol. The maximum Gasteiger partial charge on any atom is 0.248 e. The van der Waals surface area contributed by atoms with E-state index in [0.717, 1.165) is 44.4 Å². The molecule has 2 saturated carbocycles. The van der Waals surface area contributed by atoms with E-state index >= 15 is 0 Å². The molecule has 0 bridgehead atoms. The highest BCUT2D eigenvalue weighted by atomic mass is 16.2. The zero-order chi connectivity index (χ0) is 24.3. The number of carbonyl (C=O) groups is 2. The van der Waals surface area contributed by atoms with Crippen LogP contribution in [0, 0.1) is 11.8 Å². The highest BCUT2D eigenvalue weighted by molar-refractivity contribution is 5.92. The molecular formula is C25H41N7O2. The van der Waals surface area contributed by atoms with E-state index in [-0.39, 0.29) is 11.8 Å². The van der Waals surface area contributed by atoms with Crippen molar-refractivity contribution in [2.75, 3.05) is 18.4 Å². The molecule has 2 N–H and O–H groups in total. The third kappa shape index (κ3) is 9.27. The van der Waals surface area contributed by atoms with E-state index in [1.807, 2.05) is 25.1 Å². The van der Waals surface area contributed by atoms with E-state index in [4.69, 9.17) is 0 Å². The van der Waals surface area contributed by atoms with Gasteiger partial charge in [-0.25, -0.2) is 0 Å². The Balaban J connectivity index is 1.43. The number of aryl methyl sites for hydroxylation is 1. The molecule has 2 fully saturated rings. The van der Waals surface area contributed by atoms with Crippen molar-refractivity contribution in [1.29, 1.82) is 0 Å². The Morgan fingerprint density at radius 1 is 1.18 bits per heavy atom. The van der Waals surface area contributed by atoms with E-state index in [9.17, 15) is 9.59 Å². The minimum atomic E-state index is -0.0138. The van der Waals surface area contributed by atoms with Crippen LogP contribution in [0.25, 0.3) is 0 Å². The van der Waals surface area contributed by atoms with Crippen LogP contribution in [0.3, 0.4) is 0 Å². The molecule has 188 valence electrons. The smallest absolute Gasteiger partial charge is 0.248 e. The summed E-state index contributed by atoms with van der Waals surface area (Å²) in [7, 11) is 0. The molecule has 0 spiro atoms. The molecule has 2 amide bonds. The highest BCUT2D eigenvalue weighted by Crippen LogP contribution is 2.32. The van der Waals surface area contributed by atoms with Crippen LogP contribution in [0.2, 0.25) is 0 Å². The summed E-state index contributed by atoms with van der Waals surface area (Å²) in [5, 5.41) is 20.6. The molecule has 0 aliphatic heterocycles. The van der Waals surface area contributed by atoms with Crippen LogP contribution in [-0.4, -0.2) is 50.6 Å². The molecule has 0 saturated heterocycles. The summed E-state index contributed by atoms with van der Waals surface area (Å²) >= 11 is 0. The Hall–Kier alpha value is -2.71. The van der Waals surface area contributed by atoms with Crippen molar-refractivity contribution in [3.63, 3.8) is 0 Å². The number of nitrogens with zero attached hydrogens (tertiary/aromatic N) is 5. The SMILES string of the molecule is CC/C(C)=N/N(/C=C(\C)C(=O)NCC1CCCC1)CCCCn1cc(NC(=O)CC2CC2)nn1. The van der Waals surface area contributed by atoms with Gasteiger partial charge in [-0.05, 0) is 70.6 Å². The van der Waals surface area contributed by atoms with Gasteiger partial charge in [0.1, 0.15) is 0 Å². The van der Waals surface area contributed by atoms with Crippen LogP contribution >= 0.6 is 0 Å². The summed E-state index contributed by atoms with van der Waals surface area (Å²) < 4.78 is 1.76. The van der Waals surface area contributed by atoms with Gasteiger partial charge in [-0.15, -0.1) is 5.10 Å². The topological polar surface area (TPSA) is 105 Å². The van der Waals surface area contributed by atoms with Crippen LogP contribution < -0.4 is 10.6 Å². The number of hydrazone groups is 1. The van der Waals surface area contributed by atoms with E-state index in [2.05, 4.69) is 33.0 Å². The average Bonchev–Trinajstić information content (AvgIpc) is 3.27. The maximum absolute atomic E-state index is 12.5. The number of amides is 2. The Labute approximate surface area is 203 Å². The molecule has 34 heavy (non-hydrogen) atoms. The molecule has 2 aliphatic carbocycles. The third-order valence-electron chi connectivity index (χ3n) is 6.54. The van der Waals surface area contributed by atoms with E-state index in [0.29, 0.717) is 42.7 Å². The highest BCUT2D eigenvalue weighted by Gasteiger charge is 2.24. The van der Waals surface area contributed by atoms with Gasteiger partial charge in [0.15, 0.2) is 5.82 Å². The summed E-state index contributed by atoms with van der Waals surface area (Å²) in [5.41, 5.74) is 1.70. The lowest BCUT2D eigenvalue weighted by molar-refractivity contribution is -0.118. The molecule has 2 aliphatic rings. The lowest BCUT2D eigenvalue weighted by Gasteiger charge is -2.17. The Morgan fingerprint density at radius 3 is 2.65 bits per heavy atom. The Kier molecular flexibility index (Phi) is 10.1. The fourth-order valence-electron chi connectivity index (χ4n) is 4.10. The van der Waals surface area contributed by atoms with Crippen molar-refractivity contribution in [2.45, 2.75) is 91.5 Å². The minimum absolute atomic E-state index is 0.0138. The van der Waals surface area contributed by atoms with Crippen molar-refractivity contribution in [2.24, 2.45) is 16.9 Å². The number of unbranched alkanes of at least 4 members (excludes halogenated alkanes) is 1. The van der Waals surface area contributed by atoms with Gasteiger partial charge in [-0.1, -0.05) is 25.0 Å². The molecule has 1 aromatic heterocycles. The van der Waals surface area contributed by atoms with Gasteiger partial charge < -0.3 is 10.6 Å². The number of aromatic nitrogens is 3. The molecule has 9 heteroatoms.